The van der Waals surface area contributed by atoms with Crippen LogP contribution in [-0.4, -0.2) is 29.9 Å². The zero-order valence-corrected chi connectivity index (χ0v) is 16.1. The van der Waals surface area contributed by atoms with Crippen LogP contribution in [0.5, 0.6) is 5.75 Å². The quantitative estimate of drug-likeness (QED) is 0.737. The number of hydrogen-bond donors (Lipinski definition) is 1. The number of hydrogen-bond acceptors (Lipinski definition) is 4. The molecular weight excluding hydrogens is 366 g/mol. The van der Waals surface area contributed by atoms with Gasteiger partial charge in [0.25, 0.3) is 5.91 Å². The number of Topliss-reactive ketones (excluding diaryl/α,β-unsaturated/α-hetero) is 1. The normalized spacial score (nSPS) is 18.5. The monoisotopic (exact) mass is 387 g/mol. The smallest absolute Gasteiger partial charge is 0.264 e. The van der Waals surface area contributed by atoms with Gasteiger partial charge in [0, 0.05) is 23.6 Å². The average Bonchev–Trinajstić information content (AvgIpc) is 2.81. The van der Waals surface area contributed by atoms with Gasteiger partial charge in [0.2, 0.25) is 0 Å². The van der Waals surface area contributed by atoms with Crippen LogP contribution in [0.25, 0.3) is 0 Å². The molecule has 1 N–H and O–H groups in total. The highest BCUT2D eigenvalue weighted by atomic mass is 35.5. The third-order valence-electron chi connectivity index (χ3n) is 4.60. The number of halogens is 1. The van der Waals surface area contributed by atoms with Crippen LogP contribution in [0.2, 0.25) is 5.02 Å². The molecule has 3 rings (SSSR count). The number of carbonyl (C=O) groups excluding carboxylic acids is 2. The van der Waals surface area contributed by atoms with E-state index in [1.165, 1.54) is 6.92 Å². The second kappa shape index (κ2) is 7.71. The van der Waals surface area contributed by atoms with Gasteiger partial charge in [-0.05, 0) is 50.6 Å². The van der Waals surface area contributed by atoms with Gasteiger partial charge < -0.3 is 14.7 Å². The Kier molecular flexibility index (Phi) is 5.53. The summed E-state index contributed by atoms with van der Waals surface area (Å²) in [6.07, 6.45) is 0.359. The lowest BCUT2D eigenvalue weighted by molar-refractivity contribution is -0.141. The van der Waals surface area contributed by atoms with Gasteiger partial charge in [-0.2, -0.15) is 0 Å². The van der Waals surface area contributed by atoms with Crippen LogP contribution in [0.1, 0.15) is 30.9 Å². The van der Waals surface area contributed by atoms with E-state index in [4.69, 9.17) is 16.3 Å². The van der Waals surface area contributed by atoms with E-state index in [0.717, 1.165) is 5.56 Å². The Balaban J connectivity index is 1.71. The topological polar surface area (TPSA) is 66.8 Å². The van der Waals surface area contributed by atoms with Crippen molar-refractivity contribution >= 4 is 29.0 Å². The van der Waals surface area contributed by atoms with E-state index in [-0.39, 0.29) is 12.2 Å². The summed E-state index contributed by atoms with van der Waals surface area (Å²) in [5, 5.41) is 11.6. The molecule has 5 nitrogen and oxygen atoms in total. The Labute approximate surface area is 163 Å². The second-order valence-electron chi connectivity index (χ2n) is 6.87. The van der Waals surface area contributed by atoms with Gasteiger partial charge in [-0.15, -0.1) is 0 Å². The predicted molar refractivity (Wildman–Crippen MR) is 104 cm³/mol. The first kappa shape index (κ1) is 19.4. The predicted octanol–water partition coefficient (Wildman–Crippen LogP) is 3.63. The van der Waals surface area contributed by atoms with Crippen LogP contribution in [0, 0.1) is 6.92 Å². The van der Waals surface area contributed by atoms with Crippen molar-refractivity contribution in [2.45, 2.75) is 32.3 Å². The summed E-state index contributed by atoms with van der Waals surface area (Å²) >= 11 is 5.85. The van der Waals surface area contributed by atoms with E-state index in [9.17, 15) is 14.7 Å². The van der Waals surface area contributed by atoms with E-state index < -0.39 is 11.5 Å². The molecule has 1 aliphatic heterocycles. The lowest BCUT2D eigenvalue weighted by Crippen LogP contribution is -2.42. The van der Waals surface area contributed by atoms with Crippen molar-refractivity contribution in [2.24, 2.45) is 0 Å². The van der Waals surface area contributed by atoms with Crippen molar-refractivity contribution < 1.29 is 19.4 Å². The first-order valence-electron chi connectivity index (χ1n) is 8.84. The lowest BCUT2D eigenvalue weighted by atomic mass is 9.89. The third kappa shape index (κ3) is 3.99. The Morgan fingerprint density at radius 3 is 2.59 bits per heavy atom. The summed E-state index contributed by atoms with van der Waals surface area (Å²) in [6.45, 7) is 4.07. The van der Waals surface area contributed by atoms with Crippen LogP contribution in [0.3, 0.4) is 0 Å². The maximum atomic E-state index is 12.9. The first-order chi connectivity index (χ1) is 12.8. The van der Waals surface area contributed by atoms with Crippen molar-refractivity contribution in [3.63, 3.8) is 0 Å². The molecule has 6 heteroatoms. The molecule has 27 heavy (non-hydrogen) atoms. The molecule has 0 saturated heterocycles. The molecule has 0 bridgehead atoms. The fourth-order valence-corrected chi connectivity index (χ4v) is 3.49. The average molecular weight is 388 g/mol. The fourth-order valence-electron chi connectivity index (χ4n) is 3.36. The van der Waals surface area contributed by atoms with Crippen molar-refractivity contribution in [1.29, 1.82) is 0 Å². The van der Waals surface area contributed by atoms with Crippen LogP contribution in [-0.2, 0) is 15.2 Å². The molecule has 2 aromatic rings. The van der Waals surface area contributed by atoms with E-state index in [2.05, 4.69) is 0 Å². The molecule has 0 fully saturated rings. The summed E-state index contributed by atoms with van der Waals surface area (Å²) in [7, 11) is 0. The Morgan fingerprint density at radius 1 is 1.22 bits per heavy atom. The number of fused-ring (bicyclic) bond motifs is 1. The summed E-state index contributed by atoms with van der Waals surface area (Å²) in [6, 6.07) is 12.6. The number of ketones is 1. The largest absolute Gasteiger partial charge is 0.494 e. The van der Waals surface area contributed by atoms with Crippen LogP contribution in [0.15, 0.2) is 42.5 Å². The molecule has 0 aromatic heterocycles. The molecule has 1 heterocycles. The van der Waals surface area contributed by atoms with Gasteiger partial charge in [0.1, 0.15) is 11.5 Å². The molecular formula is C21H22ClNO4. The zero-order valence-electron chi connectivity index (χ0n) is 15.4. The van der Waals surface area contributed by atoms with E-state index in [0.29, 0.717) is 41.6 Å². The molecule has 1 amide bonds. The van der Waals surface area contributed by atoms with E-state index >= 15 is 0 Å². The number of benzene rings is 2. The SMILES string of the molecule is CC(=O)C[C@@]1(O)C(=O)N(CCCOc2ccc(Cl)cc2)c2ccc(C)cc21. The molecule has 2 aromatic carbocycles. The molecule has 1 atom stereocenters. The highest BCUT2D eigenvalue weighted by Crippen LogP contribution is 2.43. The summed E-state index contributed by atoms with van der Waals surface area (Å²) in [5.74, 6) is 0.0206. The molecule has 0 aliphatic carbocycles. The van der Waals surface area contributed by atoms with Crippen LogP contribution >= 0.6 is 11.6 Å². The first-order valence-corrected chi connectivity index (χ1v) is 9.22. The summed E-state index contributed by atoms with van der Waals surface area (Å²) in [5.41, 5.74) is 0.295. The van der Waals surface area contributed by atoms with Gasteiger partial charge in [-0.1, -0.05) is 29.3 Å². The molecule has 1 aliphatic rings. The Hall–Kier alpha value is -2.37. The van der Waals surface area contributed by atoms with Crippen LogP contribution in [0.4, 0.5) is 5.69 Å². The van der Waals surface area contributed by atoms with Gasteiger partial charge in [0.15, 0.2) is 5.60 Å². The van der Waals surface area contributed by atoms with Gasteiger partial charge in [-0.25, -0.2) is 0 Å². The molecule has 0 unspecified atom stereocenters. The highest BCUT2D eigenvalue weighted by molar-refractivity contribution is 6.30. The van der Waals surface area contributed by atoms with Crippen molar-refractivity contribution in [3.8, 4) is 5.75 Å². The maximum absolute atomic E-state index is 12.9. The lowest BCUT2D eigenvalue weighted by Gasteiger charge is -2.22. The van der Waals surface area contributed by atoms with Crippen molar-refractivity contribution in [3.05, 3.63) is 58.6 Å². The number of amides is 1. The van der Waals surface area contributed by atoms with Crippen LogP contribution < -0.4 is 9.64 Å². The fraction of sp³-hybridized carbons (Fsp3) is 0.333. The number of ether oxygens (including phenoxy) is 1. The molecule has 142 valence electrons. The number of carbonyl (C=O) groups is 2. The minimum Gasteiger partial charge on any atom is -0.494 e. The minimum atomic E-state index is -1.79. The van der Waals surface area contributed by atoms with Crippen molar-refractivity contribution in [1.82, 2.24) is 0 Å². The minimum absolute atomic E-state index is 0.222. The van der Waals surface area contributed by atoms with E-state index in [1.807, 2.05) is 19.1 Å². The highest BCUT2D eigenvalue weighted by Gasteiger charge is 2.50. The number of rotatable bonds is 7. The summed E-state index contributed by atoms with van der Waals surface area (Å²) < 4.78 is 5.67. The standard InChI is InChI=1S/C21H22ClNO4/c1-14-4-9-19-18(12-14)21(26,13-15(2)24)20(25)23(19)10-3-11-27-17-7-5-16(22)6-8-17/h4-9,12,26H,3,10-11,13H2,1-2H3/t21-/m0/s1. The Morgan fingerprint density at radius 2 is 1.93 bits per heavy atom. The Bertz CT molecular complexity index is 865. The summed E-state index contributed by atoms with van der Waals surface area (Å²) in [4.78, 5) is 26.1. The zero-order chi connectivity index (χ0) is 19.6. The molecule has 0 saturated carbocycles. The van der Waals surface area contributed by atoms with Gasteiger partial charge in [0.05, 0.1) is 12.3 Å². The molecule has 0 spiro atoms. The number of aryl methyl sites for hydroxylation is 1. The third-order valence-corrected chi connectivity index (χ3v) is 4.85. The maximum Gasteiger partial charge on any atom is 0.264 e. The number of aliphatic hydroxyl groups is 1. The van der Waals surface area contributed by atoms with Crippen molar-refractivity contribution in [2.75, 3.05) is 18.1 Å². The van der Waals surface area contributed by atoms with Gasteiger partial charge >= 0.3 is 0 Å². The number of anilines is 1. The molecule has 0 radical (unpaired) electrons. The van der Waals surface area contributed by atoms with E-state index in [1.54, 1.807) is 35.2 Å². The van der Waals surface area contributed by atoms with Gasteiger partial charge in [-0.3, -0.25) is 9.59 Å². The number of nitrogens with zero attached hydrogens (tertiary/aromatic N) is 1. The second-order valence-corrected chi connectivity index (χ2v) is 7.31.